The molecule has 0 fully saturated rings. The van der Waals surface area contributed by atoms with Crippen LogP contribution in [0.5, 0.6) is 0 Å². The van der Waals surface area contributed by atoms with Gasteiger partial charge in [-0.3, -0.25) is 0 Å². The highest BCUT2D eigenvalue weighted by atomic mass is 16.5. The minimum atomic E-state index is -0.308. The van der Waals surface area contributed by atoms with Gasteiger partial charge in [-0.25, -0.2) is 4.79 Å². The van der Waals surface area contributed by atoms with Crippen molar-refractivity contribution in [1.82, 2.24) is 0 Å². The number of ether oxygens (including phenoxy) is 1. The van der Waals surface area contributed by atoms with Gasteiger partial charge < -0.3 is 9.53 Å². The number of unbranched alkanes of at least 4 members (excludes halogenated alkanes) is 1. The molecule has 1 rings (SSSR count). The Kier molecular flexibility index (Phi) is 6.58. The lowest BCUT2D eigenvalue weighted by atomic mass is 10.1. The van der Waals surface area contributed by atoms with E-state index in [1.54, 1.807) is 31.2 Å². The summed E-state index contributed by atoms with van der Waals surface area (Å²) >= 11 is 0. The summed E-state index contributed by atoms with van der Waals surface area (Å²) in [7, 11) is 0. The van der Waals surface area contributed by atoms with E-state index in [0.29, 0.717) is 18.6 Å². The van der Waals surface area contributed by atoms with Gasteiger partial charge in [0.15, 0.2) is 0 Å². The summed E-state index contributed by atoms with van der Waals surface area (Å²) in [5, 5.41) is 0. The van der Waals surface area contributed by atoms with Gasteiger partial charge in [0.2, 0.25) is 0 Å². The smallest absolute Gasteiger partial charge is 0.338 e. The van der Waals surface area contributed by atoms with E-state index in [2.05, 4.69) is 0 Å². The highest BCUT2D eigenvalue weighted by Crippen LogP contribution is 2.05. The summed E-state index contributed by atoms with van der Waals surface area (Å²) in [6, 6.07) is 8.93. The number of benzene rings is 1. The number of hydrogen-bond donors (Lipinski definition) is 0. The van der Waals surface area contributed by atoms with Crippen LogP contribution in [-0.2, 0) is 9.53 Å². The summed E-state index contributed by atoms with van der Waals surface area (Å²) in [5.41, 5.74) is 1.57. The lowest BCUT2D eigenvalue weighted by Gasteiger charge is -2.05. The van der Waals surface area contributed by atoms with Gasteiger partial charge in [-0.15, -0.1) is 0 Å². The molecule has 0 unspecified atom stereocenters. The number of ketones is 1. The quantitative estimate of drug-likeness (QED) is 0.428. The maximum atomic E-state index is 11.7. The van der Waals surface area contributed by atoms with Crippen LogP contribution in [0.3, 0.4) is 0 Å². The largest absolute Gasteiger partial charge is 0.458 e. The van der Waals surface area contributed by atoms with Gasteiger partial charge in [-0.2, -0.15) is 0 Å². The van der Waals surface area contributed by atoms with Crippen molar-refractivity contribution in [2.24, 2.45) is 0 Å². The molecule has 0 aliphatic heterocycles. The van der Waals surface area contributed by atoms with Crippen molar-refractivity contribution in [2.45, 2.75) is 33.1 Å². The van der Waals surface area contributed by atoms with Crippen LogP contribution in [0.1, 0.15) is 43.5 Å². The Morgan fingerprint density at radius 1 is 1.16 bits per heavy atom. The molecule has 0 aromatic heterocycles. The van der Waals surface area contributed by atoms with Gasteiger partial charge in [-0.05, 0) is 44.4 Å². The third-order valence-corrected chi connectivity index (χ3v) is 2.67. The molecule has 0 bridgehead atoms. The van der Waals surface area contributed by atoms with Crippen LogP contribution in [0.2, 0.25) is 0 Å². The average molecular weight is 260 g/mol. The molecule has 1 aromatic rings. The first-order valence-corrected chi connectivity index (χ1v) is 6.47. The van der Waals surface area contributed by atoms with E-state index >= 15 is 0 Å². The van der Waals surface area contributed by atoms with E-state index in [-0.39, 0.29) is 11.8 Å². The van der Waals surface area contributed by atoms with E-state index in [1.807, 2.05) is 19.1 Å². The minimum absolute atomic E-state index is 0.210. The highest BCUT2D eigenvalue weighted by molar-refractivity contribution is 5.89. The third kappa shape index (κ3) is 6.55. The summed E-state index contributed by atoms with van der Waals surface area (Å²) in [5.74, 6) is -0.0985. The lowest BCUT2D eigenvalue weighted by Crippen LogP contribution is -2.06. The third-order valence-electron chi connectivity index (χ3n) is 2.67. The highest BCUT2D eigenvalue weighted by Gasteiger charge is 2.05. The Labute approximate surface area is 114 Å². The topological polar surface area (TPSA) is 43.4 Å². The Bertz CT molecular complexity index is 446. The molecule has 0 saturated heterocycles. The van der Waals surface area contributed by atoms with E-state index in [1.165, 1.54) is 0 Å². The van der Waals surface area contributed by atoms with Crippen LogP contribution < -0.4 is 0 Å². The maximum Gasteiger partial charge on any atom is 0.338 e. The van der Waals surface area contributed by atoms with Crippen molar-refractivity contribution in [2.75, 3.05) is 6.61 Å². The molecule has 0 N–H and O–H groups in total. The van der Waals surface area contributed by atoms with Crippen LogP contribution in [0.15, 0.2) is 42.0 Å². The fourth-order valence-corrected chi connectivity index (χ4v) is 1.60. The van der Waals surface area contributed by atoms with E-state index in [0.717, 1.165) is 18.4 Å². The SMILES string of the molecule is CC(=O)CCC/C=C(\C)COC(=O)c1ccccc1. The first kappa shape index (κ1) is 15.2. The van der Waals surface area contributed by atoms with Crippen LogP contribution in [-0.4, -0.2) is 18.4 Å². The fraction of sp³-hybridized carbons (Fsp3) is 0.375. The number of esters is 1. The summed E-state index contributed by atoms with van der Waals surface area (Å²) in [6.07, 6.45) is 4.31. The van der Waals surface area contributed by atoms with Crippen LogP contribution in [0.4, 0.5) is 0 Å². The van der Waals surface area contributed by atoms with Gasteiger partial charge in [0, 0.05) is 6.42 Å². The number of carbonyl (C=O) groups excluding carboxylic acids is 2. The molecule has 0 heterocycles. The molecule has 1 aromatic carbocycles. The van der Waals surface area contributed by atoms with Crippen molar-refractivity contribution >= 4 is 11.8 Å². The Hall–Kier alpha value is -1.90. The molecular formula is C16H20O3. The summed E-state index contributed by atoms with van der Waals surface area (Å²) in [6.45, 7) is 3.82. The van der Waals surface area contributed by atoms with Crippen LogP contribution >= 0.6 is 0 Å². The molecule has 0 atom stereocenters. The Balaban J connectivity index is 2.30. The zero-order valence-corrected chi connectivity index (χ0v) is 11.5. The van der Waals surface area contributed by atoms with Crippen molar-refractivity contribution in [3.05, 3.63) is 47.5 Å². The molecule has 0 spiro atoms. The zero-order chi connectivity index (χ0) is 14.1. The predicted octanol–water partition coefficient (Wildman–Crippen LogP) is 3.55. The Morgan fingerprint density at radius 3 is 2.47 bits per heavy atom. The molecule has 3 heteroatoms. The van der Waals surface area contributed by atoms with Crippen molar-refractivity contribution in [3.63, 3.8) is 0 Å². The van der Waals surface area contributed by atoms with Gasteiger partial charge >= 0.3 is 5.97 Å². The zero-order valence-electron chi connectivity index (χ0n) is 11.5. The van der Waals surface area contributed by atoms with Gasteiger partial charge in [0.05, 0.1) is 5.56 Å². The van der Waals surface area contributed by atoms with E-state index in [4.69, 9.17) is 4.74 Å². The van der Waals surface area contributed by atoms with E-state index < -0.39 is 0 Å². The minimum Gasteiger partial charge on any atom is -0.458 e. The lowest BCUT2D eigenvalue weighted by molar-refractivity contribution is -0.117. The number of rotatable bonds is 7. The van der Waals surface area contributed by atoms with Gasteiger partial charge in [0.1, 0.15) is 12.4 Å². The molecule has 0 amide bonds. The fourth-order valence-electron chi connectivity index (χ4n) is 1.60. The molecule has 0 saturated carbocycles. The molecule has 0 radical (unpaired) electrons. The second-order valence-corrected chi connectivity index (χ2v) is 4.59. The molecule has 102 valence electrons. The molecule has 19 heavy (non-hydrogen) atoms. The summed E-state index contributed by atoms with van der Waals surface area (Å²) in [4.78, 5) is 22.4. The van der Waals surface area contributed by atoms with Gasteiger partial charge in [-0.1, -0.05) is 24.3 Å². The van der Waals surface area contributed by atoms with Crippen LogP contribution in [0.25, 0.3) is 0 Å². The average Bonchev–Trinajstić information content (AvgIpc) is 2.41. The normalized spacial score (nSPS) is 11.2. The summed E-state index contributed by atoms with van der Waals surface area (Å²) < 4.78 is 5.19. The molecule has 0 aliphatic carbocycles. The van der Waals surface area contributed by atoms with Gasteiger partial charge in [0.25, 0.3) is 0 Å². The predicted molar refractivity (Wildman–Crippen MR) is 75.0 cm³/mol. The number of Topliss-reactive ketones (excluding diaryl/α,β-unsaturated/α-hetero) is 1. The monoisotopic (exact) mass is 260 g/mol. The number of allylic oxidation sites excluding steroid dienone is 1. The molecule has 3 nitrogen and oxygen atoms in total. The molecule has 0 aliphatic rings. The van der Waals surface area contributed by atoms with Crippen molar-refractivity contribution < 1.29 is 14.3 Å². The standard InChI is InChI=1S/C16H20O3/c1-13(8-6-7-9-14(2)17)12-19-16(18)15-10-4-3-5-11-15/h3-5,8,10-11H,6-7,9,12H2,1-2H3/b13-8+. The first-order valence-electron chi connectivity index (χ1n) is 6.47. The van der Waals surface area contributed by atoms with E-state index in [9.17, 15) is 9.59 Å². The second-order valence-electron chi connectivity index (χ2n) is 4.59. The molecular weight excluding hydrogens is 240 g/mol. The van der Waals surface area contributed by atoms with Crippen molar-refractivity contribution in [1.29, 1.82) is 0 Å². The number of carbonyl (C=O) groups is 2. The number of hydrogen-bond acceptors (Lipinski definition) is 3. The first-order chi connectivity index (χ1) is 9.09. The second kappa shape index (κ2) is 8.25. The van der Waals surface area contributed by atoms with Crippen molar-refractivity contribution in [3.8, 4) is 0 Å². The Morgan fingerprint density at radius 2 is 1.84 bits per heavy atom. The maximum absolute atomic E-state index is 11.7. The van der Waals surface area contributed by atoms with Crippen LogP contribution in [0, 0.1) is 0 Å².